The van der Waals surface area contributed by atoms with E-state index in [-0.39, 0.29) is 5.75 Å². The first-order valence-corrected chi connectivity index (χ1v) is 7.08. The number of phenols is 1. The van der Waals surface area contributed by atoms with Gasteiger partial charge in [0.1, 0.15) is 19.0 Å². The van der Waals surface area contributed by atoms with Gasteiger partial charge in [-0.05, 0) is 41.7 Å². The third-order valence-electron chi connectivity index (χ3n) is 3.47. The first kappa shape index (κ1) is 12.1. The van der Waals surface area contributed by atoms with Gasteiger partial charge in [-0.15, -0.1) is 0 Å². The van der Waals surface area contributed by atoms with Crippen LogP contribution < -0.4 is 14.8 Å². The highest BCUT2D eigenvalue weighted by atomic mass is 79.9. The number of halogens is 1. The molecule has 0 saturated carbocycles. The van der Waals surface area contributed by atoms with E-state index >= 15 is 0 Å². The van der Waals surface area contributed by atoms with Gasteiger partial charge in [-0.3, -0.25) is 0 Å². The largest absolute Gasteiger partial charge is 0.506 e. The lowest BCUT2D eigenvalue weighted by atomic mass is 10.0. The fourth-order valence-electron chi connectivity index (χ4n) is 2.58. The highest BCUT2D eigenvalue weighted by molar-refractivity contribution is 9.10. The molecule has 2 aliphatic heterocycles. The van der Waals surface area contributed by atoms with Gasteiger partial charge in [-0.1, -0.05) is 0 Å². The molecular formula is C13H16BrNO3. The molecule has 0 spiro atoms. The first-order chi connectivity index (χ1) is 8.75. The lowest BCUT2D eigenvalue weighted by molar-refractivity contribution is 0.168. The van der Waals surface area contributed by atoms with Gasteiger partial charge in [0.15, 0.2) is 11.5 Å². The van der Waals surface area contributed by atoms with Crippen molar-refractivity contribution in [2.45, 2.75) is 25.3 Å². The molecule has 0 radical (unpaired) electrons. The van der Waals surface area contributed by atoms with E-state index in [1.54, 1.807) is 6.07 Å². The molecule has 3 rings (SSSR count). The van der Waals surface area contributed by atoms with Gasteiger partial charge < -0.3 is 19.9 Å². The predicted octanol–water partition coefficient (Wildman–Crippen LogP) is 2.22. The molecule has 1 aromatic rings. The molecule has 0 aromatic heterocycles. The van der Waals surface area contributed by atoms with Gasteiger partial charge in [0, 0.05) is 17.7 Å². The molecule has 2 heterocycles. The second kappa shape index (κ2) is 4.97. The molecule has 1 fully saturated rings. The number of fused-ring (bicyclic) bond motifs is 1. The summed E-state index contributed by atoms with van der Waals surface area (Å²) in [5, 5.41) is 13.6. The van der Waals surface area contributed by atoms with Crippen LogP contribution in [0.5, 0.6) is 17.2 Å². The van der Waals surface area contributed by atoms with Crippen LogP contribution in [0.3, 0.4) is 0 Å². The van der Waals surface area contributed by atoms with Crippen LogP contribution >= 0.6 is 15.9 Å². The SMILES string of the molecule is Oc1c(Br)cc2c(c1CC1CCCN1)OCCO2. The molecule has 1 aromatic carbocycles. The second-order valence-electron chi connectivity index (χ2n) is 4.71. The van der Waals surface area contributed by atoms with E-state index < -0.39 is 0 Å². The molecule has 0 aliphatic carbocycles. The Hall–Kier alpha value is -0.940. The zero-order valence-corrected chi connectivity index (χ0v) is 11.6. The summed E-state index contributed by atoms with van der Waals surface area (Å²) in [6.45, 7) is 2.16. The van der Waals surface area contributed by atoms with Crippen LogP contribution in [0.15, 0.2) is 10.5 Å². The summed E-state index contributed by atoms with van der Waals surface area (Å²) in [4.78, 5) is 0. The summed E-state index contributed by atoms with van der Waals surface area (Å²) in [5.74, 6) is 1.70. The number of rotatable bonds is 2. The molecule has 0 amide bonds. The molecule has 1 unspecified atom stereocenters. The Balaban J connectivity index is 1.97. The summed E-state index contributed by atoms with van der Waals surface area (Å²) in [5.41, 5.74) is 0.846. The van der Waals surface area contributed by atoms with Gasteiger partial charge in [-0.2, -0.15) is 0 Å². The van der Waals surface area contributed by atoms with Crippen LogP contribution in [0.4, 0.5) is 0 Å². The number of hydrogen-bond donors (Lipinski definition) is 2. The van der Waals surface area contributed by atoms with E-state index in [1.807, 2.05) is 0 Å². The van der Waals surface area contributed by atoms with E-state index in [0.29, 0.717) is 29.5 Å². The van der Waals surface area contributed by atoms with E-state index in [2.05, 4.69) is 21.2 Å². The van der Waals surface area contributed by atoms with Gasteiger partial charge in [-0.25, -0.2) is 0 Å². The summed E-state index contributed by atoms with van der Waals surface area (Å²) in [6, 6.07) is 2.19. The molecular weight excluding hydrogens is 298 g/mol. The summed E-state index contributed by atoms with van der Waals surface area (Å²) >= 11 is 3.37. The van der Waals surface area contributed by atoms with Gasteiger partial charge in [0.05, 0.1) is 4.47 Å². The van der Waals surface area contributed by atoms with E-state index in [4.69, 9.17) is 9.47 Å². The Morgan fingerprint density at radius 3 is 3.00 bits per heavy atom. The Bertz CT molecular complexity index is 458. The molecule has 1 atom stereocenters. The zero-order chi connectivity index (χ0) is 12.5. The van der Waals surface area contributed by atoms with Crippen LogP contribution in [0.1, 0.15) is 18.4 Å². The summed E-state index contributed by atoms with van der Waals surface area (Å²) < 4.78 is 11.9. The van der Waals surface area contributed by atoms with E-state index in [9.17, 15) is 5.11 Å². The minimum Gasteiger partial charge on any atom is -0.506 e. The highest BCUT2D eigenvalue weighted by Crippen LogP contribution is 2.44. The van der Waals surface area contributed by atoms with Crippen molar-refractivity contribution < 1.29 is 14.6 Å². The Labute approximate surface area is 114 Å². The van der Waals surface area contributed by atoms with Gasteiger partial charge in [0.2, 0.25) is 0 Å². The highest BCUT2D eigenvalue weighted by Gasteiger charge is 2.25. The Kier molecular flexibility index (Phi) is 3.35. The fraction of sp³-hybridized carbons (Fsp3) is 0.538. The van der Waals surface area contributed by atoms with Crippen LogP contribution in [0, 0.1) is 0 Å². The maximum atomic E-state index is 10.2. The number of phenolic OH excluding ortho intramolecular Hbond substituents is 1. The maximum Gasteiger partial charge on any atom is 0.168 e. The minimum absolute atomic E-state index is 0.271. The van der Waals surface area contributed by atoms with Crippen LogP contribution in [-0.4, -0.2) is 30.9 Å². The first-order valence-electron chi connectivity index (χ1n) is 6.29. The van der Waals surface area contributed by atoms with Crippen molar-refractivity contribution in [2.75, 3.05) is 19.8 Å². The molecule has 5 heteroatoms. The van der Waals surface area contributed by atoms with Gasteiger partial charge >= 0.3 is 0 Å². The van der Waals surface area contributed by atoms with Crippen molar-refractivity contribution in [3.05, 3.63) is 16.1 Å². The molecule has 18 heavy (non-hydrogen) atoms. The summed E-state index contributed by atoms with van der Waals surface area (Å²) in [6.07, 6.45) is 3.11. The number of hydrogen-bond acceptors (Lipinski definition) is 4. The van der Waals surface area contributed by atoms with E-state index in [1.165, 1.54) is 6.42 Å². The molecule has 98 valence electrons. The lowest BCUT2D eigenvalue weighted by Gasteiger charge is -2.23. The minimum atomic E-state index is 0.271. The predicted molar refractivity (Wildman–Crippen MR) is 71.5 cm³/mol. The monoisotopic (exact) mass is 313 g/mol. The number of ether oxygens (including phenoxy) is 2. The quantitative estimate of drug-likeness (QED) is 0.879. The van der Waals surface area contributed by atoms with Crippen molar-refractivity contribution in [1.82, 2.24) is 5.32 Å². The Morgan fingerprint density at radius 1 is 1.39 bits per heavy atom. The number of aromatic hydroxyl groups is 1. The Morgan fingerprint density at radius 2 is 2.22 bits per heavy atom. The maximum absolute atomic E-state index is 10.2. The number of benzene rings is 1. The topological polar surface area (TPSA) is 50.7 Å². The van der Waals surface area contributed by atoms with Crippen molar-refractivity contribution in [3.63, 3.8) is 0 Å². The third kappa shape index (κ3) is 2.17. The number of nitrogens with one attached hydrogen (secondary N) is 1. The van der Waals surface area contributed by atoms with Crippen molar-refractivity contribution >= 4 is 15.9 Å². The summed E-state index contributed by atoms with van der Waals surface area (Å²) in [7, 11) is 0. The van der Waals surface area contributed by atoms with Crippen molar-refractivity contribution in [3.8, 4) is 17.2 Å². The average Bonchev–Trinajstić information content (AvgIpc) is 2.88. The van der Waals surface area contributed by atoms with Crippen molar-refractivity contribution in [2.24, 2.45) is 0 Å². The van der Waals surface area contributed by atoms with Crippen LogP contribution in [-0.2, 0) is 6.42 Å². The van der Waals surface area contributed by atoms with Gasteiger partial charge in [0.25, 0.3) is 0 Å². The molecule has 1 saturated heterocycles. The molecule has 2 aliphatic rings. The van der Waals surface area contributed by atoms with Crippen LogP contribution in [0.2, 0.25) is 0 Å². The molecule has 2 N–H and O–H groups in total. The third-order valence-corrected chi connectivity index (χ3v) is 4.07. The smallest absolute Gasteiger partial charge is 0.168 e. The van der Waals surface area contributed by atoms with Crippen molar-refractivity contribution in [1.29, 1.82) is 0 Å². The molecule has 0 bridgehead atoms. The molecule has 4 nitrogen and oxygen atoms in total. The lowest BCUT2D eigenvalue weighted by Crippen LogP contribution is -2.25. The zero-order valence-electron chi connectivity index (χ0n) is 10.0. The normalized spacial score (nSPS) is 22.2. The van der Waals surface area contributed by atoms with E-state index in [0.717, 1.165) is 30.7 Å². The fourth-order valence-corrected chi connectivity index (χ4v) is 3.02. The van der Waals surface area contributed by atoms with Crippen LogP contribution in [0.25, 0.3) is 0 Å². The second-order valence-corrected chi connectivity index (χ2v) is 5.56. The standard InChI is InChI=1S/C13H16BrNO3/c14-10-7-11-13(18-5-4-17-11)9(12(10)16)6-8-2-1-3-15-8/h7-8,15-16H,1-6H2. The average molecular weight is 314 g/mol.